The summed E-state index contributed by atoms with van der Waals surface area (Å²) in [5, 5.41) is 7.33. The lowest BCUT2D eigenvalue weighted by Crippen LogP contribution is -2.16. The molecule has 0 aliphatic rings. The molecule has 7 nitrogen and oxygen atoms in total. The van der Waals surface area contributed by atoms with Crippen LogP contribution in [0.4, 0.5) is 0 Å². The van der Waals surface area contributed by atoms with Crippen molar-refractivity contribution in [3.05, 3.63) is 17.5 Å². The molecule has 1 aromatic rings. The quantitative estimate of drug-likeness (QED) is 0.384. The number of aromatic nitrogens is 2. The van der Waals surface area contributed by atoms with Crippen molar-refractivity contribution in [2.75, 3.05) is 33.5 Å². The molecule has 0 spiro atoms. The van der Waals surface area contributed by atoms with Crippen LogP contribution in [0.3, 0.4) is 0 Å². The van der Waals surface area contributed by atoms with Gasteiger partial charge in [0.2, 0.25) is 0 Å². The molecule has 0 aliphatic heterocycles. The molecule has 7 heteroatoms. The van der Waals surface area contributed by atoms with Crippen molar-refractivity contribution >= 4 is 5.84 Å². The molecule has 0 saturated heterocycles. The van der Waals surface area contributed by atoms with E-state index in [1.807, 2.05) is 0 Å². The Bertz CT molecular complexity index is 412. The summed E-state index contributed by atoms with van der Waals surface area (Å²) in [6.07, 6.45) is 0.853. The van der Waals surface area contributed by atoms with Gasteiger partial charge in [0, 0.05) is 26.0 Å². The highest BCUT2D eigenvalue weighted by Gasteiger charge is 2.05. The second kappa shape index (κ2) is 8.39. The van der Waals surface area contributed by atoms with E-state index >= 15 is 0 Å². The summed E-state index contributed by atoms with van der Waals surface area (Å²) in [6, 6.07) is 1.85. The number of hydrogen-bond donors (Lipinski definition) is 2. The van der Waals surface area contributed by atoms with E-state index in [2.05, 4.69) is 9.97 Å². The monoisotopic (exact) mass is 268 g/mol. The second-order valence-electron chi connectivity index (χ2n) is 3.90. The molecule has 1 aromatic heterocycles. The molecule has 0 bridgehead atoms. The molecule has 1 heterocycles. The van der Waals surface area contributed by atoms with Crippen LogP contribution in [0, 0.1) is 12.3 Å². The third kappa shape index (κ3) is 6.12. The van der Waals surface area contributed by atoms with Gasteiger partial charge < -0.3 is 19.9 Å². The highest BCUT2D eigenvalue weighted by atomic mass is 16.5. The maximum absolute atomic E-state index is 7.33. The predicted octanol–water partition coefficient (Wildman–Crippen LogP) is 0.501. The maximum Gasteiger partial charge on any atom is 0.317 e. The number of nitrogens with one attached hydrogen (secondary N) is 1. The third-order valence-electron chi connectivity index (χ3n) is 2.21. The van der Waals surface area contributed by atoms with E-state index in [0.29, 0.717) is 37.8 Å². The Hall–Kier alpha value is -1.73. The number of hydrogen-bond acceptors (Lipinski definition) is 6. The van der Waals surface area contributed by atoms with Crippen LogP contribution in [0.5, 0.6) is 6.01 Å². The van der Waals surface area contributed by atoms with Gasteiger partial charge in [0.1, 0.15) is 18.1 Å². The first-order valence-electron chi connectivity index (χ1n) is 6.03. The molecule has 3 N–H and O–H groups in total. The molecule has 0 aromatic carbocycles. The standard InChI is InChI=1S/C12H20N4O3/c1-9-8-10(11(13)14)16-12(15-9)19-7-6-18-5-3-4-17-2/h8H,3-7H2,1-2H3,(H3,13,14). The molecule has 0 amide bonds. The summed E-state index contributed by atoms with van der Waals surface area (Å²) in [6.45, 7) is 3.92. The van der Waals surface area contributed by atoms with E-state index < -0.39 is 0 Å². The summed E-state index contributed by atoms with van der Waals surface area (Å²) in [5.74, 6) is -0.105. The van der Waals surface area contributed by atoms with Crippen molar-refractivity contribution in [1.82, 2.24) is 9.97 Å². The van der Waals surface area contributed by atoms with Gasteiger partial charge in [0.15, 0.2) is 0 Å². The average molecular weight is 268 g/mol. The molecule has 1 rings (SSSR count). The van der Waals surface area contributed by atoms with E-state index in [1.165, 1.54) is 0 Å². The average Bonchev–Trinajstić information content (AvgIpc) is 2.37. The fraction of sp³-hybridized carbons (Fsp3) is 0.583. The Kier molecular flexibility index (Phi) is 6.76. The number of ether oxygens (including phenoxy) is 3. The van der Waals surface area contributed by atoms with E-state index in [0.717, 1.165) is 6.42 Å². The number of methoxy groups -OCH3 is 1. The molecular weight excluding hydrogens is 248 g/mol. The molecule has 0 unspecified atom stereocenters. The first-order valence-corrected chi connectivity index (χ1v) is 6.03. The van der Waals surface area contributed by atoms with Crippen molar-refractivity contribution in [3.8, 4) is 6.01 Å². The predicted molar refractivity (Wildman–Crippen MR) is 70.6 cm³/mol. The number of nitrogen functional groups attached to an aromatic ring is 1. The molecular formula is C12H20N4O3. The number of amidine groups is 1. The van der Waals surface area contributed by atoms with Crippen LogP contribution in [0.15, 0.2) is 6.07 Å². The van der Waals surface area contributed by atoms with Crippen LogP contribution in [0.1, 0.15) is 17.8 Å². The maximum atomic E-state index is 7.33. The van der Waals surface area contributed by atoms with Crippen molar-refractivity contribution in [2.24, 2.45) is 5.73 Å². The van der Waals surface area contributed by atoms with Crippen molar-refractivity contribution in [2.45, 2.75) is 13.3 Å². The highest BCUT2D eigenvalue weighted by molar-refractivity contribution is 5.93. The van der Waals surface area contributed by atoms with Gasteiger partial charge in [-0.25, -0.2) is 4.98 Å². The summed E-state index contributed by atoms with van der Waals surface area (Å²) in [7, 11) is 1.66. The summed E-state index contributed by atoms with van der Waals surface area (Å²) < 4.78 is 15.6. The van der Waals surface area contributed by atoms with E-state index in [9.17, 15) is 0 Å². The first kappa shape index (κ1) is 15.3. The van der Waals surface area contributed by atoms with Crippen LogP contribution in [0.2, 0.25) is 0 Å². The molecule has 0 atom stereocenters. The number of aryl methyl sites for hydroxylation is 1. The second-order valence-corrected chi connectivity index (χ2v) is 3.90. The normalized spacial score (nSPS) is 10.4. The lowest BCUT2D eigenvalue weighted by Gasteiger charge is -2.07. The molecule has 0 radical (unpaired) electrons. The summed E-state index contributed by atoms with van der Waals surface area (Å²) in [5.41, 5.74) is 6.44. The number of nitrogens with zero attached hydrogens (tertiary/aromatic N) is 2. The van der Waals surface area contributed by atoms with Crippen molar-refractivity contribution in [3.63, 3.8) is 0 Å². The highest BCUT2D eigenvalue weighted by Crippen LogP contribution is 2.06. The zero-order chi connectivity index (χ0) is 14.1. The lowest BCUT2D eigenvalue weighted by molar-refractivity contribution is 0.0782. The first-order chi connectivity index (χ1) is 9.13. The van der Waals surface area contributed by atoms with Gasteiger partial charge >= 0.3 is 6.01 Å². The van der Waals surface area contributed by atoms with Crippen molar-refractivity contribution in [1.29, 1.82) is 5.41 Å². The Morgan fingerprint density at radius 3 is 2.74 bits per heavy atom. The topological polar surface area (TPSA) is 103 Å². The van der Waals surface area contributed by atoms with Crippen LogP contribution >= 0.6 is 0 Å². The lowest BCUT2D eigenvalue weighted by atomic mass is 10.3. The van der Waals surface area contributed by atoms with E-state index in [-0.39, 0.29) is 11.8 Å². The Morgan fingerprint density at radius 1 is 1.26 bits per heavy atom. The number of nitrogens with two attached hydrogens (primary N) is 1. The fourth-order valence-corrected chi connectivity index (χ4v) is 1.34. The SMILES string of the molecule is COCCCOCCOc1nc(C)cc(C(=N)N)n1. The van der Waals surface area contributed by atoms with Gasteiger partial charge in [-0.15, -0.1) is 0 Å². The molecule has 0 fully saturated rings. The van der Waals surface area contributed by atoms with Gasteiger partial charge in [0.05, 0.1) is 6.61 Å². The Balaban J connectivity index is 2.31. The third-order valence-corrected chi connectivity index (χ3v) is 2.21. The summed E-state index contributed by atoms with van der Waals surface area (Å²) >= 11 is 0. The van der Waals surface area contributed by atoms with Crippen LogP contribution < -0.4 is 10.5 Å². The largest absolute Gasteiger partial charge is 0.461 e. The Labute approximate surface area is 112 Å². The van der Waals surface area contributed by atoms with Crippen LogP contribution in [-0.4, -0.2) is 49.3 Å². The minimum absolute atomic E-state index is 0.105. The van der Waals surface area contributed by atoms with E-state index in [4.69, 9.17) is 25.4 Å². The van der Waals surface area contributed by atoms with Crippen LogP contribution in [0.25, 0.3) is 0 Å². The molecule has 19 heavy (non-hydrogen) atoms. The number of rotatable bonds is 9. The minimum atomic E-state index is -0.105. The van der Waals surface area contributed by atoms with Gasteiger partial charge in [0.25, 0.3) is 0 Å². The zero-order valence-electron chi connectivity index (χ0n) is 11.3. The minimum Gasteiger partial charge on any atom is -0.461 e. The van der Waals surface area contributed by atoms with Gasteiger partial charge in [-0.2, -0.15) is 4.98 Å². The molecule has 106 valence electrons. The fourth-order valence-electron chi connectivity index (χ4n) is 1.34. The Morgan fingerprint density at radius 2 is 2.05 bits per heavy atom. The van der Waals surface area contributed by atoms with Gasteiger partial charge in [-0.05, 0) is 19.4 Å². The molecule has 0 saturated carbocycles. The summed E-state index contributed by atoms with van der Waals surface area (Å²) in [4.78, 5) is 8.12. The van der Waals surface area contributed by atoms with Gasteiger partial charge in [-0.1, -0.05) is 0 Å². The zero-order valence-corrected chi connectivity index (χ0v) is 11.3. The van der Waals surface area contributed by atoms with Crippen molar-refractivity contribution < 1.29 is 14.2 Å². The molecule has 0 aliphatic carbocycles. The van der Waals surface area contributed by atoms with E-state index in [1.54, 1.807) is 20.1 Å². The van der Waals surface area contributed by atoms with Gasteiger partial charge in [-0.3, -0.25) is 5.41 Å². The smallest absolute Gasteiger partial charge is 0.317 e. The van der Waals surface area contributed by atoms with Crippen LogP contribution in [-0.2, 0) is 9.47 Å².